The Bertz CT molecular complexity index is 1050. The quantitative estimate of drug-likeness (QED) is 0.155. The summed E-state index contributed by atoms with van der Waals surface area (Å²) in [5, 5.41) is 13.6. The van der Waals surface area contributed by atoms with Crippen molar-refractivity contribution in [3.05, 3.63) is 100 Å². The lowest BCUT2D eigenvalue weighted by atomic mass is 10.2. The molecule has 0 amide bonds. The van der Waals surface area contributed by atoms with Crippen molar-refractivity contribution in [2.45, 2.75) is 13.0 Å². The number of nitrogens with zero attached hydrogens (tertiary/aromatic N) is 2. The van der Waals surface area contributed by atoms with Gasteiger partial charge in [0.05, 0.1) is 11.5 Å². The van der Waals surface area contributed by atoms with Crippen LogP contribution in [-0.4, -0.2) is 29.0 Å². The van der Waals surface area contributed by atoms with Crippen LogP contribution in [-0.2, 0) is 16.1 Å². The molecule has 0 fully saturated rings. The molecule has 1 heterocycles. The number of benzene rings is 2. The summed E-state index contributed by atoms with van der Waals surface area (Å²) in [6, 6.07) is 20.3. The molecule has 0 saturated carbocycles. The van der Waals surface area contributed by atoms with Crippen molar-refractivity contribution in [1.29, 1.82) is 0 Å². The van der Waals surface area contributed by atoms with E-state index in [1.165, 1.54) is 24.4 Å². The molecule has 0 unspecified atom stereocenters. The largest absolute Gasteiger partial charge is 0.489 e. The Hall–Kier alpha value is -4.20. The van der Waals surface area contributed by atoms with Crippen molar-refractivity contribution in [2.24, 2.45) is 0 Å². The van der Waals surface area contributed by atoms with Crippen molar-refractivity contribution in [3.8, 4) is 5.75 Å². The van der Waals surface area contributed by atoms with Crippen LogP contribution in [0, 0.1) is 10.1 Å². The van der Waals surface area contributed by atoms with E-state index in [0.717, 1.165) is 16.9 Å². The third kappa shape index (κ3) is 7.56. The molecule has 0 saturated heterocycles. The summed E-state index contributed by atoms with van der Waals surface area (Å²) < 4.78 is 11.0. The van der Waals surface area contributed by atoms with Gasteiger partial charge in [-0.05, 0) is 41.8 Å². The maximum atomic E-state index is 11.9. The smallest absolute Gasteiger partial charge is 0.330 e. The first-order chi connectivity index (χ1) is 15.6. The normalized spacial score (nSPS) is 10.6. The highest BCUT2D eigenvalue weighted by Crippen LogP contribution is 2.16. The molecule has 3 rings (SSSR count). The molecule has 0 radical (unpaired) electrons. The molecule has 0 aliphatic rings. The minimum Gasteiger partial charge on any atom is -0.489 e. The minimum atomic E-state index is -0.502. The maximum absolute atomic E-state index is 11.9. The van der Waals surface area contributed by atoms with Crippen molar-refractivity contribution >= 4 is 23.6 Å². The predicted octanol–water partition coefficient (Wildman–Crippen LogP) is 4.63. The van der Waals surface area contributed by atoms with Crippen LogP contribution in [0.2, 0.25) is 0 Å². The fourth-order valence-electron chi connectivity index (χ4n) is 2.72. The van der Waals surface area contributed by atoms with Gasteiger partial charge in [-0.25, -0.2) is 9.78 Å². The molecule has 32 heavy (non-hydrogen) atoms. The number of carbonyl (C=O) groups is 1. The predicted molar refractivity (Wildman–Crippen MR) is 121 cm³/mol. The molecule has 0 aliphatic heterocycles. The third-order valence-corrected chi connectivity index (χ3v) is 4.35. The van der Waals surface area contributed by atoms with Gasteiger partial charge in [-0.3, -0.25) is 10.1 Å². The maximum Gasteiger partial charge on any atom is 0.330 e. The average Bonchev–Trinajstić information content (AvgIpc) is 2.82. The van der Waals surface area contributed by atoms with Crippen molar-refractivity contribution in [2.75, 3.05) is 18.5 Å². The second-order valence-electron chi connectivity index (χ2n) is 6.79. The highest BCUT2D eigenvalue weighted by Gasteiger charge is 2.05. The van der Waals surface area contributed by atoms with Crippen LogP contribution in [0.15, 0.2) is 79.0 Å². The number of hydrogen-bond acceptors (Lipinski definition) is 7. The molecule has 3 aromatic rings. The Labute approximate surface area is 185 Å². The second kappa shape index (κ2) is 11.8. The monoisotopic (exact) mass is 433 g/mol. The molecule has 1 N–H and O–H groups in total. The van der Waals surface area contributed by atoms with Gasteiger partial charge in [0.25, 0.3) is 5.69 Å². The fourth-order valence-corrected chi connectivity index (χ4v) is 2.72. The van der Waals surface area contributed by atoms with Gasteiger partial charge < -0.3 is 14.8 Å². The van der Waals surface area contributed by atoms with Gasteiger partial charge in [0.1, 0.15) is 24.4 Å². The molecular weight excluding hydrogens is 410 g/mol. The number of esters is 1. The standard InChI is InChI=1S/C24H23N3O5/c28-24(31-15-5-14-25-23-12-11-21(17-26-23)27(29)30)13-10-19-8-4-9-22(16-19)32-18-20-6-2-1-3-7-20/h1-4,6-13,16-17H,5,14-15,18H2,(H,25,26)/b13-10+. The van der Waals surface area contributed by atoms with Crippen LogP contribution >= 0.6 is 0 Å². The van der Waals surface area contributed by atoms with Gasteiger partial charge in [0.2, 0.25) is 0 Å². The Balaban J connectivity index is 1.36. The van der Waals surface area contributed by atoms with Crippen LogP contribution in [0.3, 0.4) is 0 Å². The van der Waals surface area contributed by atoms with Gasteiger partial charge in [-0.15, -0.1) is 0 Å². The van der Waals surface area contributed by atoms with Crippen LogP contribution in [0.5, 0.6) is 5.75 Å². The molecule has 0 atom stereocenters. The van der Waals surface area contributed by atoms with Gasteiger partial charge in [0.15, 0.2) is 0 Å². The van der Waals surface area contributed by atoms with Crippen LogP contribution < -0.4 is 10.1 Å². The molecule has 2 aromatic carbocycles. The zero-order chi connectivity index (χ0) is 22.6. The number of nitrogens with one attached hydrogen (secondary N) is 1. The van der Waals surface area contributed by atoms with E-state index in [4.69, 9.17) is 9.47 Å². The summed E-state index contributed by atoms with van der Waals surface area (Å²) in [4.78, 5) is 26.0. The number of anilines is 1. The molecular formula is C24H23N3O5. The first-order valence-electron chi connectivity index (χ1n) is 10.1. The lowest BCUT2D eigenvalue weighted by Crippen LogP contribution is -2.09. The number of rotatable bonds is 11. The van der Waals surface area contributed by atoms with Gasteiger partial charge in [-0.1, -0.05) is 42.5 Å². The van der Waals surface area contributed by atoms with E-state index < -0.39 is 10.9 Å². The zero-order valence-electron chi connectivity index (χ0n) is 17.3. The number of pyridine rings is 1. The van der Waals surface area contributed by atoms with E-state index in [2.05, 4.69) is 10.3 Å². The Kier molecular flexibility index (Phi) is 8.33. The SMILES string of the molecule is O=C(/C=C/c1cccc(OCc2ccccc2)c1)OCCCNc1ccc([N+](=O)[O-])cn1. The van der Waals surface area contributed by atoms with Gasteiger partial charge >= 0.3 is 5.97 Å². The van der Waals surface area contributed by atoms with Gasteiger partial charge in [0, 0.05) is 18.7 Å². The lowest BCUT2D eigenvalue weighted by molar-refractivity contribution is -0.385. The molecule has 164 valence electrons. The molecule has 0 spiro atoms. The van der Waals surface area contributed by atoms with Crippen LogP contribution in [0.25, 0.3) is 6.08 Å². The number of nitro groups is 1. The Morgan fingerprint density at radius 2 is 1.94 bits per heavy atom. The summed E-state index contributed by atoms with van der Waals surface area (Å²) >= 11 is 0. The molecule has 8 heteroatoms. The summed E-state index contributed by atoms with van der Waals surface area (Å²) in [5.41, 5.74) is 1.85. The summed E-state index contributed by atoms with van der Waals surface area (Å²) in [7, 11) is 0. The first kappa shape index (κ1) is 22.5. The number of aromatic nitrogens is 1. The van der Waals surface area contributed by atoms with Gasteiger partial charge in [-0.2, -0.15) is 0 Å². The number of hydrogen-bond donors (Lipinski definition) is 1. The first-order valence-corrected chi connectivity index (χ1v) is 10.1. The second-order valence-corrected chi connectivity index (χ2v) is 6.79. The average molecular weight is 433 g/mol. The zero-order valence-corrected chi connectivity index (χ0v) is 17.3. The van der Waals surface area contributed by atoms with Crippen LogP contribution in [0.1, 0.15) is 17.5 Å². The van der Waals surface area contributed by atoms with Crippen molar-refractivity contribution in [1.82, 2.24) is 4.98 Å². The number of ether oxygens (including phenoxy) is 2. The molecule has 0 aliphatic carbocycles. The molecule has 0 bridgehead atoms. The van der Waals surface area contributed by atoms with E-state index >= 15 is 0 Å². The van der Waals surface area contributed by atoms with Crippen molar-refractivity contribution in [3.63, 3.8) is 0 Å². The van der Waals surface area contributed by atoms with E-state index in [1.807, 2.05) is 54.6 Å². The fraction of sp³-hybridized carbons (Fsp3) is 0.167. The summed E-state index contributed by atoms with van der Waals surface area (Å²) in [6.45, 7) is 1.23. The minimum absolute atomic E-state index is 0.0652. The topological polar surface area (TPSA) is 104 Å². The van der Waals surface area contributed by atoms with Crippen molar-refractivity contribution < 1.29 is 19.2 Å². The highest BCUT2D eigenvalue weighted by molar-refractivity contribution is 5.87. The Morgan fingerprint density at radius 3 is 2.69 bits per heavy atom. The highest BCUT2D eigenvalue weighted by atomic mass is 16.6. The summed E-state index contributed by atoms with van der Waals surface area (Å²) in [6.07, 6.45) is 4.81. The number of carbonyl (C=O) groups excluding carboxylic acids is 1. The Morgan fingerprint density at radius 1 is 1.09 bits per heavy atom. The van der Waals surface area contributed by atoms with E-state index in [9.17, 15) is 14.9 Å². The molecule has 8 nitrogen and oxygen atoms in total. The summed E-state index contributed by atoms with van der Waals surface area (Å²) in [5.74, 6) is 0.806. The van der Waals surface area contributed by atoms with E-state index in [1.54, 1.807) is 6.08 Å². The van der Waals surface area contributed by atoms with Crippen LogP contribution in [0.4, 0.5) is 11.5 Å². The third-order valence-electron chi connectivity index (χ3n) is 4.35. The van der Waals surface area contributed by atoms with E-state index in [-0.39, 0.29) is 12.3 Å². The van der Waals surface area contributed by atoms with E-state index in [0.29, 0.717) is 25.4 Å². The molecule has 1 aromatic heterocycles. The lowest BCUT2D eigenvalue weighted by Gasteiger charge is -2.07.